The minimum absolute atomic E-state index is 0.475. The van der Waals surface area contributed by atoms with Crippen molar-refractivity contribution in [1.82, 2.24) is 0 Å². The molecule has 0 atom stereocenters. The number of para-hydroxylation sites is 2. The Morgan fingerprint density at radius 3 is 1.68 bits per heavy atom. The van der Waals surface area contributed by atoms with Gasteiger partial charge in [-0.25, -0.2) is 0 Å². The van der Waals surface area contributed by atoms with Gasteiger partial charge < -0.3 is 9.32 Å². The van der Waals surface area contributed by atoms with Crippen LogP contribution in [0.3, 0.4) is 0 Å². The first kappa shape index (κ1) is 36.2. The highest BCUT2D eigenvalue weighted by Gasteiger charge is 2.19. The van der Waals surface area contributed by atoms with Crippen LogP contribution in [0.2, 0.25) is 0 Å². The molecule has 10 rings (SSSR count). The second-order valence-corrected chi connectivity index (χ2v) is 16.0. The van der Waals surface area contributed by atoms with Gasteiger partial charge in [0.05, 0.1) is 0 Å². The Labute approximate surface area is 346 Å². The molecule has 0 aliphatic heterocycles. The maximum Gasteiger partial charge on any atom is 0.143 e. The van der Waals surface area contributed by atoms with Gasteiger partial charge in [-0.2, -0.15) is 0 Å². The van der Waals surface area contributed by atoms with Crippen LogP contribution in [0.5, 0.6) is 0 Å². The highest BCUT2D eigenvalue weighted by atomic mass is 16.3. The van der Waals surface area contributed by atoms with E-state index in [0.717, 1.165) is 50.1 Å². The molecular weight excluding hydrogens is 715 g/mol. The summed E-state index contributed by atoms with van der Waals surface area (Å²) in [5.74, 6) is 0.475. The second-order valence-electron chi connectivity index (χ2n) is 16.0. The normalized spacial score (nSPS) is 11.5. The molecule has 59 heavy (non-hydrogen) atoms. The van der Waals surface area contributed by atoms with Crippen LogP contribution >= 0.6 is 0 Å². The molecule has 0 saturated heterocycles. The summed E-state index contributed by atoms with van der Waals surface area (Å²) in [5, 5.41) is 4.81. The van der Waals surface area contributed by atoms with Gasteiger partial charge >= 0.3 is 0 Å². The van der Waals surface area contributed by atoms with E-state index in [2.05, 4.69) is 215 Å². The third kappa shape index (κ3) is 6.67. The van der Waals surface area contributed by atoms with Gasteiger partial charge in [0.25, 0.3) is 0 Å². The van der Waals surface area contributed by atoms with Gasteiger partial charge in [0, 0.05) is 33.4 Å². The Morgan fingerprint density at radius 1 is 0.390 bits per heavy atom. The molecule has 0 saturated carbocycles. The lowest BCUT2D eigenvalue weighted by molar-refractivity contribution is 0.670. The molecular formula is C57H45NO. The van der Waals surface area contributed by atoms with Gasteiger partial charge in [0.2, 0.25) is 0 Å². The molecule has 2 nitrogen and oxygen atoms in total. The van der Waals surface area contributed by atoms with Gasteiger partial charge in [-0.15, -0.1) is 0 Å². The molecule has 10 aromatic rings. The molecule has 2 heteroatoms. The lowest BCUT2D eigenvalue weighted by Gasteiger charge is -2.27. The number of anilines is 3. The van der Waals surface area contributed by atoms with Crippen molar-refractivity contribution in [2.75, 3.05) is 4.90 Å². The number of furan rings is 1. The van der Waals surface area contributed by atoms with Crippen molar-refractivity contribution < 1.29 is 4.42 Å². The van der Waals surface area contributed by atoms with Crippen LogP contribution < -0.4 is 4.90 Å². The summed E-state index contributed by atoms with van der Waals surface area (Å²) in [5.41, 5.74) is 18.5. The molecule has 9 aromatic carbocycles. The molecule has 0 amide bonds. The van der Waals surface area contributed by atoms with Crippen LogP contribution in [-0.4, -0.2) is 0 Å². The number of hydrogen-bond acceptors (Lipinski definition) is 2. The predicted octanol–water partition coefficient (Wildman–Crippen LogP) is 16.6. The summed E-state index contributed by atoms with van der Waals surface area (Å²) < 4.78 is 6.47. The molecule has 0 unspecified atom stereocenters. The fraction of sp³-hybridized carbons (Fsp3) is 0.0877. The summed E-state index contributed by atoms with van der Waals surface area (Å²) in [4.78, 5) is 2.38. The van der Waals surface area contributed by atoms with E-state index in [1.807, 2.05) is 12.1 Å². The van der Waals surface area contributed by atoms with Gasteiger partial charge in [-0.3, -0.25) is 0 Å². The SMILES string of the molecule is Cc1cc(N(c2ccc(-c3cccc(C(C)C)c3)cc2)c2ccc(-c3cccc4c3oc3ccccc34)c(C)c2)ccc1-c1ccc(-c2cccc3ccccc23)cc1. The average molecular weight is 760 g/mol. The first-order chi connectivity index (χ1) is 28.9. The maximum absolute atomic E-state index is 6.47. The summed E-state index contributed by atoms with van der Waals surface area (Å²) in [6.45, 7) is 8.93. The molecule has 284 valence electrons. The minimum Gasteiger partial charge on any atom is -0.455 e. The first-order valence-corrected chi connectivity index (χ1v) is 20.6. The Balaban J connectivity index is 1.04. The first-order valence-electron chi connectivity index (χ1n) is 20.6. The van der Waals surface area contributed by atoms with E-state index in [9.17, 15) is 0 Å². The smallest absolute Gasteiger partial charge is 0.143 e. The van der Waals surface area contributed by atoms with E-state index in [1.165, 1.54) is 60.8 Å². The lowest BCUT2D eigenvalue weighted by atomic mass is 9.94. The second kappa shape index (κ2) is 15.0. The molecule has 1 heterocycles. The van der Waals surface area contributed by atoms with E-state index in [-0.39, 0.29) is 0 Å². The zero-order valence-corrected chi connectivity index (χ0v) is 33.9. The Hall–Kier alpha value is -7.16. The summed E-state index contributed by atoms with van der Waals surface area (Å²) in [6.07, 6.45) is 0. The molecule has 0 bridgehead atoms. The third-order valence-electron chi connectivity index (χ3n) is 11.9. The number of benzene rings is 9. The van der Waals surface area contributed by atoms with E-state index >= 15 is 0 Å². The van der Waals surface area contributed by atoms with Crippen LogP contribution in [0.15, 0.2) is 199 Å². The number of hydrogen-bond donors (Lipinski definition) is 0. The Bertz CT molecular complexity index is 3140. The van der Waals surface area contributed by atoms with E-state index in [4.69, 9.17) is 4.42 Å². The third-order valence-corrected chi connectivity index (χ3v) is 11.9. The quantitative estimate of drug-likeness (QED) is 0.153. The number of nitrogens with zero attached hydrogens (tertiary/aromatic N) is 1. The summed E-state index contributed by atoms with van der Waals surface area (Å²) in [6, 6.07) is 70.6. The monoisotopic (exact) mass is 759 g/mol. The van der Waals surface area contributed by atoms with Crippen molar-refractivity contribution in [1.29, 1.82) is 0 Å². The predicted molar refractivity (Wildman–Crippen MR) is 251 cm³/mol. The molecule has 1 aromatic heterocycles. The van der Waals surface area contributed by atoms with Crippen LogP contribution in [0.4, 0.5) is 17.1 Å². The van der Waals surface area contributed by atoms with Crippen molar-refractivity contribution >= 4 is 49.8 Å². The molecule has 0 radical (unpaired) electrons. The number of rotatable bonds is 8. The van der Waals surface area contributed by atoms with Crippen LogP contribution in [0, 0.1) is 13.8 Å². The fourth-order valence-electron chi connectivity index (χ4n) is 8.79. The zero-order valence-electron chi connectivity index (χ0n) is 33.9. The largest absolute Gasteiger partial charge is 0.455 e. The number of fused-ring (bicyclic) bond motifs is 4. The van der Waals surface area contributed by atoms with Crippen LogP contribution in [-0.2, 0) is 0 Å². The molecule has 0 aliphatic carbocycles. The maximum atomic E-state index is 6.47. The standard InChI is InChI=1S/C57H45NO/c1-37(2)44-14-9-15-45(36-44)40-26-28-46(29-27-40)58(48-31-33-50(39(4)35-48)54-19-11-20-55-53-17-7-8-21-56(53)59-57(54)55)47-30-32-49(38(3)34-47)42-22-24-43(25-23-42)52-18-10-13-41-12-5-6-16-51(41)52/h5-37H,1-4H3. The fourth-order valence-corrected chi connectivity index (χ4v) is 8.79. The molecule has 0 N–H and O–H groups in total. The molecule has 0 aliphatic rings. The van der Waals surface area contributed by atoms with E-state index < -0.39 is 0 Å². The number of aryl methyl sites for hydroxylation is 2. The average Bonchev–Trinajstić information content (AvgIpc) is 3.66. The highest BCUT2D eigenvalue weighted by Crippen LogP contribution is 2.42. The Kier molecular flexibility index (Phi) is 9.19. The van der Waals surface area contributed by atoms with Gasteiger partial charge in [-0.05, 0) is 129 Å². The van der Waals surface area contributed by atoms with E-state index in [1.54, 1.807) is 0 Å². The summed E-state index contributed by atoms with van der Waals surface area (Å²) in [7, 11) is 0. The van der Waals surface area contributed by atoms with Crippen molar-refractivity contribution in [3.05, 3.63) is 211 Å². The zero-order chi connectivity index (χ0) is 40.0. The van der Waals surface area contributed by atoms with Crippen molar-refractivity contribution in [2.24, 2.45) is 0 Å². The van der Waals surface area contributed by atoms with Gasteiger partial charge in [0.15, 0.2) is 0 Å². The van der Waals surface area contributed by atoms with Crippen molar-refractivity contribution in [3.8, 4) is 44.5 Å². The van der Waals surface area contributed by atoms with Crippen molar-refractivity contribution in [3.63, 3.8) is 0 Å². The molecule has 0 spiro atoms. The van der Waals surface area contributed by atoms with Gasteiger partial charge in [-0.1, -0.05) is 166 Å². The van der Waals surface area contributed by atoms with E-state index in [0.29, 0.717) is 5.92 Å². The highest BCUT2D eigenvalue weighted by molar-refractivity contribution is 6.09. The summed E-state index contributed by atoms with van der Waals surface area (Å²) >= 11 is 0. The van der Waals surface area contributed by atoms with Crippen LogP contribution in [0.1, 0.15) is 36.5 Å². The van der Waals surface area contributed by atoms with Crippen molar-refractivity contribution in [2.45, 2.75) is 33.6 Å². The Morgan fingerprint density at radius 2 is 0.949 bits per heavy atom. The van der Waals surface area contributed by atoms with Gasteiger partial charge in [0.1, 0.15) is 11.2 Å². The van der Waals surface area contributed by atoms with Crippen LogP contribution in [0.25, 0.3) is 77.2 Å². The topological polar surface area (TPSA) is 16.4 Å². The lowest BCUT2D eigenvalue weighted by Crippen LogP contribution is -2.10. The molecule has 0 fully saturated rings. The minimum atomic E-state index is 0.475.